The molecule has 1 rings (SSSR count). The normalized spacial score (nSPS) is 17.9. The fourth-order valence-corrected chi connectivity index (χ4v) is 2.44. The van der Waals surface area contributed by atoms with Crippen molar-refractivity contribution in [3.8, 4) is 0 Å². The van der Waals surface area contributed by atoms with Crippen LogP contribution in [0.25, 0.3) is 0 Å². The third-order valence-corrected chi connectivity index (χ3v) is 4.83. The third-order valence-electron chi connectivity index (χ3n) is 2.99. The van der Waals surface area contributed by atoms with Crippen LogP contribution in [0.5, 0.6) is 0 Å². The standard InChI is InChI=1S/C12H26N2O3S/c1-3-4-8-17-9-7-14-18(15,16)11(2)10-13-12-5-6-12/h11-14H,3-10H2,1-2H3. The Kier molecular flexibility index (Phi) is 7.14. The molecule has 0 amide bonds. The van der Waals surface area contributed by atoms with Crippen LogP contribution in [0.3, 0.4) is 0 Å². The molecule has 0 bridgehead atoms. The third kappa shape index (κ3) is 6.68. The first kappa shape index (κ1) is 15.9. The van der Waals surface area contributed by atoms with Crippen molar-refractivity contribution in [3.63, 3.8) is 0 Å². The Morgan fingerprint density at radius 3 is 2.67 bits per heavy atom. The van der Waals surface area contributed by atoms with E-state index < -0.39 is 15.3 Å². The van der Waals surface area contributed by atoms with Crippen LogP contribution in [-0.4, -0.2) is 46.0 Å². The van der Waals surface area contributed by atoms with Crippen molar-refractivity contribution >= 4 is 10.0 Å². The van der Waals surface area contributed by atoms with Crippen molar-refractivity contribution in [3.05, 3.63) is 0 Å². The van der Waals surface area contributed by atoms with Gasteiger partial charge in [-0.15, -0.1) is 0 Å². The van der Waals surface area contributed by atoms with E-state index in [1.165, 1.54) is 12.8 Å². The molecule has 5 nitrogen and oxygen atoms in total. The number of sulfonamides is 1. The number of nitrogens with one attached hydrogen (secondary N) is 2. The van der Waals surface area contributed by atoms with E-state index in [9.17, 15) is 8.42 Å². The summed E-state index contributed by atoms with van der Waals surface area (Å²) in [4.78, 5) is 0. The van der Waals surface area contributed by atoms with Crippen molar-refractivity contribution in [2.45, 2.75) is 50.8 Å². The average molecular weight is 278 g/mol. The van der Waals surface area contributed by atoms with Gasteiger partial charge in [-0.05, 0) is 26.2 Å². The maximum atomic E-state index is 11.8. The number of unbranched alkanes of at least 4 members (excludes halogenated alkanes) is 1. The molecule has 1 aliphatic rings. The van der Waals surface area contributed by atoms with Gasteiger partial charge in [-0.1, -0.05) is 13.3 Å². The second-order valence-electron chi connectivity index (χ2n) is 4.90. The van der Waals surface area contributed by atoms with Crippen LogP contribution in [0.4, 0.5) is 0 Å². The molecule has 1 saturated carbocycles. The predicted molar refractivity (Wildman–Crippen MR) is 73.1 cm³/mol. The summed E-state index contributed by atoms with van der Waals surface area (Å²) in [5.41, 5.74) is 0. The molecule has 0 aromatic rings. The van der Waals surface area contributed by atoms with Crippen LogP contribution in [0.15, 0.2) is 0 Å². The van der Waals surface area contributed by atoms with E-state index in [2.05, 4.69) is 17.0 Å². The van der Waals surface area contributed by atoms with Gasteiger partial charge in [-0.2, -0.15) is 0 Å². The predicted octanol–water partition coefficient (Wildman–Crippen LogP) is 0.863. The van der Waals surface area contributed by atoms with Gasteiger partial charge in [0.2, 0.25) is 10.0 Å². The molecule has 1 atom stereocenters. The lowest BCUT2D eigenvalue weighted by molar-refractivity contribution is 0.136. The lowest BCUT2D eigenvalue weighted by atomic mass is 10.4. The fraction of sp³-hybridized carbons (Fsp3) is 1.00. The van der Waals surface area contributed by atoms with Gasteiger partial charge in [-0.3, -0.25) is 0 Å². The maximum Gasteiger partial charge on any atom is 0.215 e. The van der Waals surface area contributed by atoms with Crippen LogP contribution in [0, 0.1) is 0 Å². The van der Waals surface area contributed by atoms with Crippen molar-refractivity contribution in [2.24, 2.45) is 0 Å². The molecule has 0 spiro atoms. The minimum Gasteiger partial charge on any atom is -0.380 e. The van der Waals surface area contributed by atoms with Gasteiger partial charge in [-0.25, -0.2) is 13.1 Å². The van der Waals surface area contributed by atoms with Crippen LogP contribution >= 0.6 is 0 Å². The molecule has 1 fully saturated rings. The van der Waals surface area contributed by atoms with E-state index in [1.807, 2.05) is 0 Å². The largest absolute Gasteiger partial charge is 0.380 e. The molecule has 2 N–H and O–H groups in total. The molecule has 0 aliphatic heterocycles. The Labute approximate surface area is 111 Å². The highest BCUT2D eigenvalue weighted by Gasteiger charge is 2.25. The molecule has 0 heterocycles. The van der Waals surface area contributed by atoms with Crippen molar-refractivity contribution < 1.29 is 13.2 Å². The molecule has 108 valence electrons. The quantitative estimate of drug-likeness (QED) is 0.550. The summed E-state index contributed by atoms with van der Waals surface area (Å²) < 4.78 is 31.6. The summed E-state index contributed by atoms with van der Waals surface area (Å²) in [6.45, 7) is 5.87. The van der Waals surface area contributed by atoms with Gasteiger partial charge in [0.25, 0.3) is 0 Å². The van der Waals surface area contributed by atoms with Gasteiger partial charge in [0, 0.05) is 25.7 Å². The Morgan fingerprint density at radius 2 is 2.06 bits per heavy atom. The van der Waals surface area contributed by atoms with E-state index in [-0.39, 0.29) is 0 Å². The van der Waals surface area contributed by atoms with E-state index >= 15 is 0 Å². The summed E-state index contributed by atoms with van der Waals surface area (Å²) in [6.07, 6.45) is 4.46. The number of rotatable bonds is 11. The first-order valence-corrected chi connectivity index (χ1v) is 8.40. The molecule has 1 aliphatic carbocycles. The smallest absolute Gasteiger partial charge is 0.215 e. The molecule has 0 aromatic carbocycles. The van der Waals surface area contributed by atoms with Crippen LogP contribution in [0.2, 0.25) is 0 Å². The van der Waals surface area contributed by atoms with Gasteiger partial charge in [0.1, 0.15) is 0 Å². The molecule has 0 saturated heterocycles. The second kappa shape index (κ2) is 8.09. The lowest BCUT2D eigenvalue weighted by Crippen LogP contribution is -2.40. The monoisotopic (exact) mass is 278 g/mol. The van der Waals surface area contributed by atoms with Gasteiger partial charge < -0.3 is 10.1 Å². The second-order valence-corrected chi connectivity index (χ2v) is 7.08. The molecule has 6 heteroatoms. The first-order chi connectivity index (χ1) is 8.56. The van der Waals surface area contributed by atoms with Gasteiger partial charge in [0.15, 0.2) is 0 Å². The SMILES string of the molecule is CCCCOCCNS(=O)(=O)C(C)CNC1CC1. The zero-order chi connectivity index (χ0) is 13.4. The average Bonchev–Trinajstić information content (AvgIpc) is 3.14. The van der Waals surface area contributed by atoms with E-state index in [0.717, 1.165) is 12.8 Å². The fourth-order valence-electron chi connectivity index (χ4n) is 1.48. The molecule has 0 radical (unpaired) electrons. The van der Waals surface area contributed by atoms with Gasteiger partial charge in [0.05, 0.1) is 11.9 Å². The Balaban J connectivity index is 2.09. The summed E-state index contributed by atoms with van der Waals surface area (Å²) >= 11 is 0. The molecular formula is C12H26N2O3S. The lowest BCUT2D eigenvalue weighted by Gasteiger charge is -2.14. The minimum absolute atomic E-state index is 0.361. The first-order valence-electron chi connectivity index (χ1n) is 6.86. The van der Waals surface area contributed by atoms with Crippen LogP contribution in [-0.2, 0) is 14.8 Å². The molecule has 0 aromatic heterocycles. The summed E-state index contributed by atoms with van der Waals surface area (Å²) in [5, 5.41) is 2.84. The van der Waals surface area contributed by atoms with Gasteiger partial charge >= 0.3 is 0 Å². The Hall–Kier alpha value is -0.170. The summed E-state index contributed by atoms with van der Waals surface area (Å²) in [6, 6.07) is 0.542. The number of hydrogen-bond acceptors (Lipinski definition) is 4. The number of ether oxygens (including phenoxy) is 1. The van der Waals surface area contributed by atoms with Crippen molar-refractivity contribution in [1.82, 2.24) is 10.0 Å². The molecule has 1 unspecified atom stereocenters. The number of hydrogen-bond donors (Lipinski definition) is 2. The maximum absolute atomic E-state index is 11.8. The topological polar surface area (TPSA) is 67.4 Å². The summed E-state index contributed by atoms with van der Waals surface area (Å²) in [7, 11) is -3.21. The highest BCUT2D eigenvalue weighted by molar-refractivity contribution is 7.90. The van der Waals surface area contributed by atoms with E-state index in [1.54, 1.807) is 6.92 Å². The van der Waals surface area contributed by atoms with Crippen LogP contribution in [0.1, 0.15) is 39.5 Å². The van der Waals surface area contributed by atoms with Crippen molar-refractivity contribution in [2.75, 3.05) is 26.3 Å². The Morgan fingerprint density at radius 1 is 1.33 bits per heavy atom. The summed E-state index contributed by atoms with van der Waals surface area (Å²) in [5.74, 6) is 0. The zero-order valence-electron chi connectivity index (χ0n) is 11.4. The molecular weight excluding hydrogens is 252 g/mol. The van der Waals surface area contributed by atoms with Crippen LogP contribution < -0.4 is 10.0 Å². The zero-order valence-corrected chi connectivity index (χ0v) is 12.3. The molecule has 18 heavy (non-hydrogen) atoms. The van der Waals surface area contributed by atoms with E-state index in [4.69, 9.17) is 4.74 Å². The Bertz CT molecular complexity index is 315. The van der Waals surface area contributed by atoms with Crippen molar-refractivity contribution in [1.29, 1.82) is 0 Å². The highest BCUT2D eigenvalue weighted by Crippen LogP contribution is 2.18. The van der Waals surface area contributed by atoms with E-state index in [0.29, 0.717) is 32.3 Å². The minimum atomic E-state index is -3.21. The highest BCUT2D eigenvalue weighted by atomic mass is 32.2.